The molecule has 8 nitrogen and oxygen atoms in total. The number of thiazole rings is 1. The Balaban J connectivity index is 1.27. The third-order valence-corrected chi connectivity index (χ3v) is 5.10. The number of oxazole rings is 1. The summed E-state index contributed by atoms with van der Waals surface area (Å²) in [6.45, 7) is 0.435. The molecule has 0 bridgehead atoms. The van der Waals surface area contributed by atoms with Crippen molar-refractivity contribution in [3.8, 4) is 22.8 Å². The number of benzene rings is 2. The summed E-state index contributed by atoms with van der Waals surface area (Å²) in [4.78, 5) is 30.5. The maximum absolute atomic E-state index is 12.2. The summed E-state index contributed by atoms with van der Waals surface area (Å²) < 4.78 is 15.8. The summed E-state index contributed by atoms with van der Waals surface area (Å²) in [5.74, 6) is 0.878. The number of amides is 1. The summed E-state index contributed by atoms with van der Waals surface area (Å²) in [5.41, 5.74) is 2.59. The number of hydrogen-bond donors (Lipinski definition) is 2. The van der Waals surface area contributed by atoms with Crippen LogP contribution in [0.3, 0.4) is 0 Å². The van der Waals surface area contributed by atoms with E-state index >= 15 is 0 Å². The Bertz CT molecular complexity index is 1210. The van der Waals surface area contributed by atoms with Crippen LogP contribution in [0.4, 0.5) is 5.13 Å². The first-order chi connectivity index (χ1) is 14.6. The smallest absolute Gasteiger partial charge is 0.417 e. The number of methoxy groups -OCH3 is 1. The molecule has 2 aromatic heterocycles. The van der Waals surface area contributed by atoms with Crippen molar-refractivity contribution < 1.29 is 18.7 Å². The molecule has 4 aromatic rings. The zero-order valence-electron chi connectivity index (χ0n) is 16.1. The van der Waals surface area contributed by atoms with Gasteiger partial charge in [-0.15, -0.1) is 11.3 Å². The van der Waals surface area contributed by atoms with Gasteiger partial charge in [0.15, 0.2) is 10.7 Å². The highest BCUT2D eigenvalue weighted by molar-refractivity contribution is 7.14. The predicted octanol–water partition coefficient (Wildman–Crippen LogP) is 4.05. The molecule has 2 heterocycles. The molecule has 0 unspecified atom stereocenters. The lowest BCUT2D eigenvalue weighted by Crippen LogP contribution is -2.12. The van der Waals surface area contributed by atoms with Crippen molar-refractivity contribution in [3.05, 3.63) is 58.4 Å². The number of anilines is 1. The van der Waals surface area contributed by atoms with Crippen molar-refractivity contribution in [2.24, 2.45) is 0 Å². The number of aromatic amines is 1. The molecule has 0 aliphatic rings. The Morgan fingerprint density at radius 1 is 1.20 bits per heavy atom. The summed E-state index contributed by atoms with van der Waals surface area (Å²) in [6, 6.07) is 12.6. The monoisotopic (exact) mass is 425 g/mol. The lowest BCUT2D eigenvalue weighted by Gasteiger charge is -2.07. The Morgan fingerprint density at radius 2 is 2.00 bits per heavy atom. The van der Waals surface area contributed by atoms with E-state index in [1.54, 1.807) is 19.2 Å². The van der Waals surface area contributed by atoms with E-state index in [0.29, 0.717) is 41.4 Å². The Hall–Kier alpha value is -3.59. The van der Waals surface area contributed by atoms with Crippen molar-refractivity contribution in [1.82, 2.24) is 9.97 Å². The van der Waals surface area contributed by atoms with Gasteiger partial charge in [-0.05, 0) is 42.8 Å². The number of fused-ring (bicyclic) bond motifs is 1. The molecule has 0 aliphatic carbocycles. The summed E-state index contributed by atoms with van der Waals surface area (Å²) in [5, 5.41) is 5.16. The minimum atomic E-state index is -0.496. The molecule has 1 amide bonds. The van der Waals surface area contributed by atoms with Gasteiger partial charge in [-0.25, -0.2) is 9.78 Å². The highest BCUT2D eigenvalue weighted by atomic mass is 32.1. The number of carbonyl (C=O) groups is 1. The van der Waals surface area contributed by atoms with Gasteiger partial charge < -0.3 is 19.2 Å². The number of carbonyl (C=O) groups excluding carboxylic acids is 1. The van der Waals surface area contributed by atoms with Gasteiger partial charge in [0.05, 0.1) is 24.9 Å². The van der Waals surface area contributed by atoms with Crippen molar-refractivity contribution in [2.75, 3.05) is 19.0 Å². The molecule has 4 rings (SSSR count). The first kappa shape index (κ1) is 19.7. The molecular weight excluding hydrogens is 406 g/mol. The van der Waals surface area contributed by atoms with Crippen LogP contribution in [0.15, 0.2) is 57.1 Å². The lowest BCUT2D eigenvalue weighted by molar-refractivity contribution is -0.116. The van der Waals surface area contributed by atoms with E-state index in [1.165, 1.54) is 11.3 Å². The molecule has 0 aliphatic heterocycles. The van der Waals surface area contributed by atoms with Gasteiger partial charge in [0, 0.05) is 17.4 Å². The largest absolute Gasteiger partial charge is 0.497 e. The molecular formula is C21H19N3O5S. The third-order valence-electron chi connectivity index (χ3n) is 4.34. The number of H-pyrrole nitrogens is 1. The number of ether oxygens (including phenoxy) is 2. The lowest BCUT2D eigenvalue weighted by atomic mass is 10.1. The second kappa shape index (κ2) is 8.83. The molecule has 30 heavy (non-hydrogen) atoms. The fourth-order valence-electron chi connectivity index (χ4n) is 2.84. The zero-order valence-corrected chi connectivity index (χ0v) is 17.0. The van der Waals surface area contributed by atoms with Gasteiger partial charge in [-0.2, -0.15) is 0 Å². The number of rotatable bonds is 8. The van der Waals surface area contributed by atoms with E-state index in [4.69, 9.17) is 13.9 Å². The quantitative estimate of drug-likeness (QED) is 0.413. The van der Waals surface area contributed by atoms with Crippen molar-refractivity contribution >= 4 is 33.5 Å². The van der Waals surface area contributed by atoms with E-state index in [0.717, 1.165) is 17.1 Å². The van der Waals surface area contributed by atoms with Crippen LogP contribution in [0, 0.1) is 0 Å². The SMILES string of the molecule is COc1ccc(OCCCC(=O)Nc2nc(-c3ccc4[nH]c(=O)oc4c3)cs2)cc1. The first-order valence-corrected chi connectivity index (χ1v) is 10.1. The fourth-order valence-corrected chi connectivity index (χ4v) is 3.58. The Labute approximate surface area is 175 Å². The second-order valence-corrected chi connectivity index (χ2v) is 7.30. The van der Waals surface area contributed by atoms with E-state index in [2.05, 4.69) is 15.3 Å². The molecule has 154 valence electrons. The van der Waals surface area contributed by atoms with E-state index in [-0.39, 0.29) is 5.91 Å². The van der Waals surface area contributed by atoms with Crippen LogP contribution >= 0.6 is 11.3 Å². The number of aromatic nitrogens is 2. The van der Waals surface area contributed by atoms with Crippen LogP contribution in [0.2, 0.25) is 0 Å². The van der Waals surface area contributed by atoms with Crippen molar-refractivity contribution in [1.29, 1.82) is 0 Å². The van der Waals surface area contributed by atoms with Crippen LogP contribution in [-0.4, -0.2) is 29.6 Å². The first-order valence-electron chi connectivity index (χ1n) is 9.26. The third kappa shape index (κ3) is 4.69. The van der Waals surface area contributed by atoms with E-state index in [9.17, 15) is 9.59 Å². The molecule has 0 spiro atoms. The van der Waals surface area contributed by atoms with Crippen LogP contribution in [-0.2, 0) is 4.79 Å². The summed E-state index contributed by atoms with van der Waals surface area (Å²) >= 11 is 1.34. The molecule has 0 atom stereocenters. The van der Waals surface area contributed by atoms with Crippen LogP contribution in [0.5, 0.6) is 11.5 Å². The fraction of sp³-hybridized carbons (Fsp3) is 0.190. The summed E-state index contributed by atoms with van der Waals surface area (Å²) in [6.07, 6.45) is 0.908. The molecule has 2 N–H and O–H groups in total. The molecule has 0 saturated heterocycles. The minimum absolute atomic E-state index is 0.124. The van der Waals surface area contributed by atoms with E-state index in [1.807, 2.05) is 35.7 Å². The van der Waals surface area contributed by atoms with Crippen molar-refractivity contribution in [3.63, 3.8) is 0 Å². The molecule has 0 radical (unpaired) electrons. The van der Waals surface area contributed by atoms with Gasteiger partial charge in [0.2, 0.25) is 5.91 Å². The molecule has 0 saturated carbocycles. The van der Waals surface area contributed by atoms with Gasteiger partial charge in [0.1, 0.15) is 11.5 Å². The highest BCUT2D eigenvalue weighted by Gasteiger charge is 2.10. The number of nitrogens with one attached hydrogen (secondary N) is 2. The van der Waals surface area contributed by atoms with Gasteiger partial charge in [-0.1, -0.05) is 6.07 Å². The van der Waals surface area contributed by atoms with Crippen LogP contribution in [0.1, 0.15) is 12.8 Å². The Kier molecular flexibility index (Phi) is 5.80. The van der Waals surface area contributed by atoms with Gasteiger partial charge >= 0.3 is 5.76 Å². The maximum atomic E-state index is 12.2. The average molecular weight is 425 g/mol. The standard InChI is InChI=1S/C21H19N3O5S/c1-27-14-5-7-15(8-6-14)28-10-2-3-19(25)24-20-22-17(12-30-20)13-4-9-16-18(11-13)29-21(26)23-16/h4-9,11-12H,2-3,10H2,1H3,(H,23,26)(H,22,24,25). The molecule has 0 fully saturated rings. The minimum Gasteiger partial charge on any atom is -0.497 e. The average Bonchev–Trinajstić information content (AvgIpc) is 3.36. The number of hydrogen-bond acceptors (Lipinski definition) is 7. The van der Waals surface area contributed by atoms with Crippen LogP contribution in [0.25, 0.3) is 22.4 Å². The van der Waals surface area contributed by atoms with Crippen molar-refractivity contribution in [2.45, 2.75) is 12.8 Å². The normalized spacial score (nSPS) is 10.8. The predicted molar refractivity (Wildman–Crippen MR) is 114 cm³/mol. The van der Waals surface area contributed by atoms with Gasteiger partial charge in [0.25, 0.3) is 0 Å². The van der Waals surface area contributed by atoms with Crippen LogP contribution < -0.4 is 20.5 Å². The molecule has 9 heteroatoms. The molecule has 2 aromatic carbocycles. The zero-order chi connectivity index (χ0) is 20.9. The topological polar surface area (TPSA) is 106 Å². The van der Waals surface area contributed by atoms with Gasteiger partial charge in [-0.3, -0.25) is 9.78 Å². The maximum Gasteiger partial charge on any atom is 0.417 e. The van der Waals surface area contributed by atoms with E-state index < -0.39 is 5.76 Å². The number of nitrogens with zero attached hydrogens (tertiary/aromatic N) is 1. The summed E-state index contributed by atoms with van der Waals surface area (Å²) in [7, 11) is 1.61. The highest BCUT2D eigenvalue weighted by Crippen LogP contribution is 2.27. The Morgan fingerprint density at radius 3 is 2.80 bits per heavy atom. The second-order valence-electron chi connectivity index (χ2n) is 6.44.